The van der Waals surface area contributed by atoms with Gasteiger partial charge in [0.05, 0.1) is 11.6 Å². The van der Waals surface area contributed by atoms with Crippen molar-refractivity contribution in [2.24, 2.45) is 0 Å². The van der Waals surface area contributed by atoms with E-state index in [1.54, 1.807) is 12.1 Å². The lowest BCUT2D eigenvalue weighted by atomic mass is 9.91. The fourth-order valence-corrected chi connectivity index (χ4v) is 1.61. The Morgan fingerprint density at radius 3 is 2.32 bits per heavy atom. The number of benzene rings is 1. The van der Waals surface area contributed by atoms with E-state index in [1.165, 1.54) is 32.9 Å². The topological polar surface area (TPSA) is 93.2 Å². The third-order valence-electron chi connectivity index (χ3n) is 2.74. The molecule has 0 aliphatic carbocycles. The molecular weight excluding hydrogens is 248 g/mol. The summed E-state index contributed by atoms with van der Waals surface area (Å²) >= 11 is 0. The van der Waals surface area contributed by atoms with Gasteiger partial charge < -0.3 is 4.74 Å². The zero-order valence-corrected chi connectivity index (χ0v) is 10.9. The number of carbonyl (C=O) groups is 1. The van der Waals surface area contributed by atoms with Gasteiger partial charge in [-0.25, -0.2) is 0 Å². The molecule has 0 aromatic heterocycles. The van der Waals surface area contributed by atoms with Crippen LogP contribution in [0.3, 0.4) is 0 Å². The van der Waals surface area contributed by atoms with Crippen molar-refractivity contribution in [2.75, 3.05) is 0 Å². The number of nitrogens with zero attached hydrogens (tertiary/aromatic N) is 2. The van der Waals surface area contributed by atoms with Crippen LogP contribution in [-0.4, -0.2) is 16.4 Å². The van der Waals surface area contributed by atoms with Crippen molar-refractivity contribution in [2.45, 2.75) is 32.4 Å². The summed E-state index contributed by atoms with van der Waals surface area (Å²) in [5.74, 6) is -0.593. The van der Waals surface area contributed by atoms with Crippen molar-refractivity contribution in [3.63, 3.8) is 0 Å². The standard InChI is InChI=1S/C13H14N2O4/c1-9(16)19-12(13(2,3)15(17)18)11-6-4-10(8-14)5-7-11/h4-7,12H,1-3H3. The van der Waals surface area contributed by atoms with Crippen molar-refractivity contribution in [1.82, 2.24) is 0 Å². The predicted molar refractivity (Wildman–Crippen MR) is 66.7 cm³/mol. The number of carbonyl (C=O) groups excluding carboxylic acids is 1. The molecule has 6 heteroatoms. The number of esters is 1. The molecule has 6 nitrogen and oxygen atoms in total. The molecule has 0 aliphatic rings. The monoisotopic (exact) mass is 262 g/mol. The Hall–Kier alpha value is -2.42. The van der Waals surface area contributed by atoms with Gasteiger partial charge in [0.25, 0.3) is 5.54 Å². The Bertz CT molecular complexity index is 529. The highest BCUT2D eigenvalue weighted by molar-refractivity contribution is 5.66. The van der Waals surface area contributed by atoms with E-state index in [1.807, 2.05) is 6.07 Å². The van der Waals surface area contributed by atoms with Crippen LogP contribution in [0.4, 0.5) is 0 Å². The van der Waals surface area contributed by atoms with Crippen LogP contribution in [0.25, 0.3) is 0 Å². The van der Waals surface area contributed by atoms with E-state index in [0.717, 1.165) is 0 Å². The number of hydrogen-bond donors (Lipinski definition) is 0. The minimum Gasteiger partial charge on any atom is -0.450 e. The zero-order chi connectivity index (χ0) is 14.6. The maximum atomic E-state index is 11.1. The molecule has 1 rings (SSSR count). The molecule has 0 N–H and O–H groups in total. The van der Waals surface area contributed by atoms with Crippen LogP contribution in [0, 0.1) is 21.4 Å². The van der Waals surface area contributed by atoms with Gasteiger partial charge in [-0.1, -0.05) is 12.1 Å². The van der Waals surface area contributed by atoms with Gasteiger partial charge in [0.1, 0.15) is 0 Å². The summed E-state index contributed by atoms with van der Waals surface area (Å²) in [5, 5.41) is 19.8. The van der Waals surface area contributed by atoms with Gasteiger partial charge >= 0.3 is 5.97 Å². The Morgan fingerprint density at radius 2 is 1.95 bits per heavy atom. The zero-order valence-electron chi connectivity index (χ0n) is 10.9. The molecule has 0 saturated carbocycles. The lowest BCUT2D eigenvalue weighted by Gasteiger charge is -2.26. The largest absolute Gasteiger partial charge is 0.450 e. The Kier molecular flexibility index (Phi) is 4.22. The van der Waals surface area contributed by atoms with Crippen LogP contribution < -0.4 is 0 Å². The maximum Gasteiger partial charge on any atom is 0.303 e. The van der Waals surface area contributed by atoms with Gasteiger partial charge in [-0.15, -0.1) is 0 Å². The van der Waals surface area contributed by atoms with E-state index in [2.05, 4.69) is 0 Å². The molecule has 0 saturated heterocycles. The van der Waals surface area contributed by atoms with Gasteiger partial charge in [-0.3, -0.25) is 14.9 Å². The van der Waals surface area contributed by atoms with Crippen LogP contribution in [0.2, 0.25) is 0 Å². The molecule has 0 bridgehead atoms. The molecule has 0 aliphatic heterocycles. The van der Waals surface area contributed by atoms with Crippen molar-refractivity contribution in [3.05, 3.63) is 45.5 Å². The van der Waals surface area contributed by atoms with Crippen LogP contribution in [0.5, 0.6) is 0 Å². The molecule has 19 heavy (non-hydrogen) atoms. The fourth-order valence-electron chi connectivity index (χ4n) is 1.61. The maximum absolute atomic E-state index is 11.1. The highest BCUT2D eigenvalue weighted by Crippen LogP contribution is 2.32. The SMILES string of the molecule is CC(=O)OC(c1ccc(C#N)cc1)C(C)(C)[N+](=O)[O-]. The molecule has 0 heterocycles. The van der Waals surface area contributed by atoms with Crippen LogP contribution in [0.15, 0.2) is 24.3 Å². The first-order chi connectivity index (χ1) is 8.78. The molecule has 0 spiro atoms. The first-order valence-electron chi connectivity index (χ1n) is 5.61. The minimum absolute atomic E-state index is 0.434. The third-order valence-corrected chi connectivity index (χ3v) is 2.74. The molecule has 0 radical (unpaired) electrons. The van der Waals surface area contributed by atoms with Crippen LogP contribution in [-0.2, 0) is 9.53 Å². The highest BCUT2D eigenvalue weighted by Gasteiger charge is 2.44. The highest BCUT2D eigenvalue weighted by atomic mass is 16.6. The van der Waals surface area contributed by atoms with E-state index in [4.69, 9.17) is 10.00 Å². The summed E-state index contributed by atoms with van der Waals surface area (Å²) in [6, 6.07) is 8.12. The summed E-state index contributed by atoms with van der Waals surface area (Å²) in [6.07, 6.45) is -1.01. The number of rotatable bonds is 4. The van der Waals surface area contributed by atoms with E-state index in [9.17, 15) is 14.9 Å². The fraction of sp³-hybridized carbons (Fsp3) is 0.385. The Balaban J connectivity index is 3.20. The number of ether oxygens (including phenoxy) is 1. The third kappa shape index (κ3) is 3.28. The van der Waals surface area contributed by atoms with E-state index >= 15 is 0 Å². The predicted octanol–water partition coefficient (Wildman–Crippen LogP) is 2.22. The molecule has 1 aromatic carbocycles. The number of nitro groups is 1. The summed E-state index contributed by atoms with van der Waals surface area (Å²) in [5.41, 5.74) is -0.542. The average Bonchev–Trinajstić information content (AvgIpc) is 2.35. The molecule has 0 amide bonds. The van der Waals surface area contributed by atoms with Crippen LogP contribution >= 0.6 is 0 Å². The lowest BCUT2D eigenvalue weighted by Crippen LogP contribution is -2.40. The van der Waals surface area contributed by atoms with E-state index < -0.39 is 22.5 Å². The smallest absolute Gasteiger partial charge is 0.303 e. The second-order valence-corrected chi connectivity index (χ2v) is 4.63. The first kappa shape index (κ1) is 14.6. The molecule has 0 fully saturated rings. The van der Waals surface area contributed by atoms with E-state index in [-0.39, 0.29) is 0 Å². The van der Waals surface area contributed by atoms with Crippen molar-refractivity contribution < 1.29 is 14.5 Å². The summed E-state index contributed by atoms with van der Waals surface area (Å²) in [6.45, 7) is 3.98. The van der Waals surface area contributed by atoms with Crippen molar-refractivity contribution in [3.8, 4) is 6.07 Å². The molecule has 100 valence electrons. The van der Waals surface area contributed by atoms with Crippen molar-refractivity contribution >= 4 is 5.97 Å². The summed E-state index contributed by atoms with van der Waals surface area (Å²) in [4.78, 5) is 21.7. The minimum atomic E-state index is -1.46. The summed E-state index contributed by atoms with van der Waals surface area (Å²) in [7, 11) is 0. The Morgan fingerprint density at radius 1 is 1.42 bits per heavy atom. The molecule has 1 unspecified atom stereocenters. The average molecular weight is 262 g/mol. The first-order valence-corrected chi connectivity index (χ1v) is 5.61. The van der Waals surface area contributed by atoms with Gasteiger partial charge in [-0.2, -0.15) is 5.26 Å². The molecular formula is C13H14N2O4. The van der Waals surface area contributed by atoms with Gasteiger partial charge in [0.2, 0.25) is 0 Å². The Labute approximate surface area is 110 Å². The van der Waals surface area contributed by atoms with E-state index in [0.29, 0.717) is 11.1 Å². The van der Waals surface area contributed by atoms with Gasteiger partial charge in [0.15, 0.2) is 6.10 Å². The summed E-state index contributed by atoms with van der Waals surface area (Å²) < 4.78 is 5.07. The second-order valence-electron chi connectivity index (χ2n) is 4.63. The van der Waals surface area contributed by atoms with Gasteiger partial charge in [-0.05, 0) is 17.7 Å². The normalized spacial score (nSPS) is 12.3. The second kappa shape index (κ2) is 5.48. The molecule has 1 aromatic rings. The lowest BCUT2D eigenvalue weighted by molar-refractivity contribution is -0.574. The number of nitriles is 1. The number of hydrogen-bond acceptors (Lipinski definition) is 5. The van der Waals surface area contributed by atoms with Crippen molar-refractivity contribution in [1.29, 1.82) is 5.26 Å². The van der Waals surface area contributed by atoms with Crippen LogP contribution in [0.1, 0.15) is 38.0 Å². The quantitative estimate of drug-likeness (QED) is 0.471. The molecule has 1 atom stereocenters. The van der Waals surface area contributed by atoms with Gasteiger partial charge in [0, 0.05) is 25.7 Å².